The molecule has 1 fully saturated rings. The van der Waals surface area contributed by atoms with E-state index in [4.69, 9.17) is 11.1 Å². The zero-order valence-electron chi connectivity index (χ0n) is 7.45. The minimum Gasteiger partial charge on any atom is -0.370 e. The summed E-state index contributed by atoms with van der Waals surface area (Å²) in [7, 11) is -1.97. The van der Waals surface area contributed by atoms with E-state index in [9.17, 15) is 8.42 Å². The molecule has 4 N–H and O–H groups in total. The summed E-state index contributed by atoms with van der Waals surface area (Å²) in [6.07, 6.45) is 1.29. The number of hydrogen-bond acceptors (Lipinski definition) is 3. The molecule has 0 saturated carbocycles. The predicted molar refractivity (Wildman–Crippen MR) is 49.6 cm³/mol. The summed E-state index contributed by atoms with van der Waals surface area (Å²) >= 11 is 0. The van der Waals surface area contributed by atoms with Crippen LogP contribution in [0.25, 0.3) is 0 Å². The van der Waals surface area contributed by atoms with Gasteiger partial charge in [-0.15, -0.1) is 0 Å². The van der Waals surface area contributed by atoms with Crippen LogP contribution in [0, 0.1) is 5.41 Å². The minimum atomic E-state index is -3.34. The fraction of sp³-hybridized carbons (Fsp3) is 0.833. The van der Waals surface area contributed by atoms with Gasteiger partial charge < -0.3 is 10.6 Å². The van der Waals surface area contributed by atoms with Gasteiger partial charge in [0, 0.05) is 6.54 Å². The summed E-state index contributed by atoms with van der Waals surface area (Å²) in [4.78, 5) is 1.39. The Labute approximate surface area is 77.7 Å². The zero-order valence-corrected chi connectivity index (χ0v) is 8.26. The van der Waals surface area contributed by atoms with E-state index < -0.39 is 15.4 Å². The van der Waals surface area contributed by atoms with Gasteiger partial charge in [0.1, 0.15) is 5.37 Å². The van der Waals surface area contributed by atoms with Crippen LogP contribution in [-0.2, 0) is 10.0 Å². The highest BCUT2D eigenvalue weighted by atomic mass is 32.2. The summed E-state index contributed by atoms with van der Waals surface area (Å²) in [6, 6.07) is 0. The maximum absolute atomic E-state index is 11.4. The van der Waals surface area contributed by atoms with Crippen molar-refractivity contribution in [2.24, 2.45) is 5.73 Å². The molecule has 0 amide bonds. The molecule has 1 heterocycles. The molecule has 0 aromatic rings. The molecule has 0 aromatic heterocycles. The Hall–Kier alpha value is -0.820. The molecular weight excluding hydrogens is 192 g/mol. The average Bonchev–Trinajstić information content (AvgIpc) is 2.52. The smallest absolute Gasteiger partial charge is 0.232 e. The van der Waals surface area contributed by atoms with Crippen molar-refractivity contribution in [1.29, 1.82) is 5.41 Å². The van der Waals surface area contributed by atoms with Crippen molar-refractivity contribution < 1.29 is 8.42 Å². The van der Waals surface area contributed by atoms with E-state index in [1.165, 1.54) is 11.9 Å². The van der Waals surface area contributed by atoms with Gasteiger partial charge in [0.05, 0.1) is 0 Å². The van der Waals surface area contributed by atoms with Crippen LogP contribution in [0.15, 0.2) is 0 Å². The van der Waals surface area contributed by atoms with Crippen molar-refractivity contribution in [1.82, 2.24) is 9.62 Å². The van der Waals surface area contributed by atoms with Crippen molar-refractivity contribution in [3.05, 3.63) is 0 Å². The maximum Gasteiger partial charge on any atom is 0.232 e. The van der Waals surface area contributed by atoms with Crippen LogP contribution in [0.3, 0.4) is 0 Å². The molecule has 0 radical (unpaired) electrons. The lowest BCUT2D eigenvalue weighted by molar-refractivity contribution is 0.445. The third-order valence-electron chi connectivity index (χ3n) is 2.15. The van der Waals surface area contributed by atoms with Crippen LogP contribution in [-0.4, -0.2) is 38.2 Å². The first-order valence-corrected chi connectivity index (χ1v) is 5.56. The van der Waals surface area contributed by atoms with Gasteiger partial charge in [0.2, 0.25) is 10.0 Å². The Balaban J connectivity index is 2.86. The molecule has 7 heteroatoms. The van der Waals surface area contributed by atoms with Crippen LogP contribution < -0.4 is 10.5 Å². The number of nitrogens with zero attached hydrogens (tertiary/aromatic N) is 1. The fourth-order valence-electron chi connectivity index (χ4n) is 1.47. The maximum atomic E-state index is 11.4. The number of rotatable bonds is 2. The second-order valence-corrected chi connectivity index (χ2v) is 4.97. The minimum absolute atomic E-state index is 0.179. The lowest BCUT2D eigenvalue weighted by Crippen LogP contribution is -2.47. The van der Waals surface area contributed by atoms with Crippen LogP contribution in [0.4, 0.5) is 0 Å². The molecule has 1 aliphatic rings. The first-order valence-electron chi connectivity index (χ1n) is 4.02. The molecule has 1 rings (SSSR count). The first-order chi connectivity index (χ1) is 5.99. The van der Waals surface area contributed by atoms with E-state index >= 15 is 0 Å². The fourth-order valence-corrected chi connectivity index (χ4v) is 2.77. The summed E-state index contributed by atoms with van der Waals surface area (Å²) in [5.74, 6) is -0.179. The quantitative estimate of drug-likeness (QED) is 0.392. The van der Waals surface area contributed by atoms with Crippen molar-refractivity contribution in [3.8, 4) is 0 Å². The van der Waals surface area contributed by atoms with Gasteiger partial charge in [0.25, 0.3) is 0 Å². The van der Waals surface area contributed by atoms with Gasteiger partial charge in [-0.1, -0.05) is 0 Å². The Kier molecular flexibility index (Phi) is 2.77. The molecule has 6 nitrogen and oxygen atoms in total. The van der Waals surface area contributed by atoms with Gasteiger partial charge in [-0.2, -0.15) is 0 Å². The van der Waals surface area contributed by atoms with Crippen LogP contribution in [0.1, 0.15) is 12.8 Å². The van der Waals surface area contributed by atoms with Crippen LogP contribution in [0.5, 0.6) is 0 Å². The normalized spacial score (nSPS) is 23.5. The van der Waals surface area contributed by atoms with Gasteiger partial charge in [-0.25, -0.2) is 13.1 Å². The number of likely N-dealkylation sites (tertiary alicyclic amines) is 1. The summed E-state index contributed by atoms with van der Waals surface area (Å²) < 4.78 is 25.1. The van der Waals surface area contributed by atoms with Crippen LogP contribution in [0.2, 0.25) is 0 Å². The molecule has 1 atom stereocenters. The molecule has 13 heavy (non-hydrogen) atoms. The molecular formula is C6H14N4O2S. The highest BCUT2D eigenvalue weighted by Crippen LogP contribution is 2.20. The van der Waals surface area contributed by atoms with Crippen molar-refractivity contribution in [3.63, 3.8) is 0 Å². The largest absolute Gasteiger partial charge is 0.370 e. The van der Waals surface area contributed by atoms with E-state index in [1.54, 1.807) is 0 Å². The number of nitrogens with two attached hydrogens (primary N) is 1. The standard InChI is InChI=1S/C6H14N4O2S/c1-9-13(11,12)5-3-2-4-10(5)6(7)8/h5,9H,2-4H2,1H3,(H3,7,8). The average molecular weight is 206 g/mol. The highest BCUT2D eigenvalue weighted by Gasteiger charge is 2.35. The third-order valence-corrected chi connectivity index (χ3v) is 3.93. The Morgan fingerprint density at radius 1 is 1.69 bits per heavy atom. The number of hydrogen-bond donors (Lipinski definition) is 3. The highest BCUT2D eigenvalue weighted by molar-refractivity contribution is 7.90. The summed E-state index contributed by atoms with van der Waals surface area (Å²) in [6.45, 7) is 0.543. The molecule has 0 aromatic carbocycles. The second-order valence-electron chi connectivity index (χ2n) is 2.92. The molecule has 1 aliphatic heterocycles. The van der Waals surface area contributed by atoms with Crippen molar-refractivity contribution >= 4 is 16.0 Å². The zero-order chi connectivity index (χ0) is 10.1. The van der Waals surface area contributed by atoms with E-state index in [0.29, 0.717) is 13.0 Å². The van der Waals surface area contributed by atoms with Crippen molar-refractivity contribution in [2.45, 2.75) is 18.2 Å². The first kappa shape index (κ1) is 10.3. The lowest BCUT2D eigenvalue weighted by atomic mass is 10.4. The van der Waals surface area contributed by atoms with E-state index in [-0.39, 0.29) is 5.96 Å². The Morgan fingerprint density at radius 2 is 2.31 bits per heavy atom. The van der Waals surface area contributed by atoms with E-state index in [0.717, 1.165) is 6.42 Å². The monoisotopic (exact) mass is 206 g/mol. The molecule has 0 bridgehead atoms. The van der Waals surface area contributed by atoms with Gasteiger partial charge in [-0.3, -0.25) is 5.41 Å². The SMILES string of the molecule is CNS(=O)(=O)C1CCCN1C(=N)N. The van der Waals surface area contributed by atoms with Gasteiger partial charge >= 0.3 is 0 Å². The second kappa shape index (κ2) is 3.51. The third kappa shape index (κ3) is 1.92. The topological polar surface area (TPSA) is 99.3 Å². The molecule has 76 valence electrons. The number of sulfonamides is 1. The molecule has 1 saturated heterocycles. The molecule has 1 unspecified atom stereocenters. The van der Waals surface area contributed by atoms with Crippen molar-refractivity contribution in [2.75, 3.05) is 13.6 Å². The van der Waals surface area contributed by atoms with E-state index in [2.05, 4.69) is 4.72 Å². The van der Waals surface area contributed by atoms with Gasteiger partial charge in [0.15, 0.2) is 5.96 Å². The number of nitrogens with one attached hydrogen (secondary N) is 2. The van der Waals surface area contributed by atoms with Gasteiger partial charge in [-0.05, 0) is 19.9 Å². The summed E-state index contributed by atoms with van der Waals surface area (Å²) in [5, 5.41) is 6.52. The number of guanidine groups is 1. The predicted octanol–water partition coefficient (Wildman–Crippen LogP) is -1.15. The Morgan fingerprint density at radius 3 is 2.77 bits per heavy atom. The molecule has 0 aliphatic carbocycles. The summed E-state index contributed by atoms with van der Waals surface area (Å²) in [5.41, 5.74) is 5.26. The van der Waals surface area contributed by atoms with Crippen LogP contribution >= 0.6 is 0 Å². The van der Waals surface area contributed by atoms with E-state index in [1.807, 2.05) is 0 Å². The molecule has 0 spiro atoms. The Bertz CT molecular complexity index is 300. The lowest BCUT2D eigenvalue weighted by Gasteiger charge is -2.23.